The van der Waals surface area contributed by atoms with Crippen LogP contribution < -0.4 is 0 Å². The average molecular weight is 214 g/mol. The zero-order valence-corrected chi connectivity index (χ0v) is 10.8. The van der Waals surface area contributed by atoms with E-state index in [0.29, 0.717) is 0 Å². The maximum absolute atomic E-state index is 2.12. The third kappa shape index (κ3) is 4.79. The van der Waals surface area contributed by atoms with Gasteiger partial charge in [-0.2, -0.15) is 0 Å². The summed E-state index contributed by atoms with van der Waals surface area (Å²) in [6.07, 6.45) is 0. The predicted molar refractivity (Wildman–Crippen MR) is 74.6 cm³/mol. The van der Waals surface area contributed by atoms with Crippen LogP contribution in [0, 0.1) is 0 Å². The van der Waals surface area contributed by atoms with E-state index in [2.05, 4.69) is 48.5 Å². The highest BCUT2D eigenvalue weighted by Gasteiger charge is 1.91. The maximum atomic E-state index is 2.12. The van der Waals surface area contributed by atoms with E-state index < -0.39 is 0 Å². The first-order valence-electron chi connectivity index (χ1n) is 6.07. The normalized spacial score (nSPS) is 8.00. The number of benzene rings is 2. The number of hydrogen-bond acceptors (Lipinski definition) is 0. The van der Waals surface area contributed by atoms with Crippen molar-refractivity contribution in [3.8, 4) is 11.1 Å². The van der Waals surface area contributed by atoms with Crippen LogP contribution in [0.4, 0.5) is 0 Å². The molecule has 86 valence electrons. The van der Waals surface area contributed by atoms with Gasteiger partial charge in [-0.25, -0.2) is 0 Å². The van der Waals surface area contributed by atoms with Gasteiger partial charge in [0.1, 0.15) is 0 Å². The Morgan fingerprint density at radius 1 is 0.438 bits per heavy atom. The van der Waals surface area contributed by atoms with E-state index in [1.54, 1.807) is 0 Å². The van der Waals surface area contributed by atoms with Crippen LogP contribution in [-0.4, -0.2) is 0 Å². The van der Waals surface area contributed by atoms with Crippen molar-refractivity contribution >= 4 is 0 Å². The fourth-order valence-electron chi connectivity index (χ4n) is 1.26. The Balaban J connectivity index is 0.000000509. The van der Waals surface area contributed by atoms with E-state index in [1.165, 1.54) is 11.1 Å². The van der Waals surface area contributed by atoms with Crippen molar-refractivity contribution < 1.29 is 0 Å². The number of rotatable bonds is 1. The highest BCUT2D eigenvalue weighted by molar-refractivity contribution is 5.62. The predicted octanol–water partition coefficient (Wildman–Crippen LogP) is 5.41. The minimum Gasteiger partial charge on any atom is -0.0683 e. The van der Waals surface area contributed by atoms with Crippen molar-refractivity contribution in [2.45, 2.75) is 27.7 Å². The zero-order valence-electron chi connectivity index (χ0n) is 10.8. The van der Waals surface area contributed by atoms with Crippen LogP contribution in [0.2, 0.25) is 0 Å². The molecule has 0 aliphatic carbocycles. The third-order valence-electron chi connectivity index (χ3n) is 1.88. The Bertz CT molecular complexity index is 297. The smallest absolute Gasteiger partial charge is 0.0184 e. The largest absolute Gasteiger partial charge is 0.0683 e. The molecule has 0 aliphatic heterocycles. The summed E-state index contributed by atoms with van der Waals surface area (Å²) in [5, 5.41) is 0. The summed E-state index contributed by atoms with van der Waals surface area (Å²) in [6.45, 7) is 8.00. The van der Waals surface area contributed by atoms with Crippen LogP contribution in [0.5, 0.6) is 0 Å². The molecule has 0 fully saturated rings. The summed E-state index contributed by atoms with van der Waals surface area (Å²) in [5.74, 6) is 0. The maximum Gasteiger partial charge on any atom is -0.0184 e. The molecule has 0 unspecified atom stereocenters. The van der Waals surface area contributed by atoms with Crippen molar-refractivity contribution in [3.63, 3.8) is 0 Å². The average Bonchev–Trinajstić information content (AvgIpc) is 2.45. The summed E-state index contributed by atoms with van der Waals surface area (Å²) in [5.41, 5.74) is 2.55. The second-order valence-electron chi connectivity index (χ2n) is 2.73. The number of hydrogen-bond donors (Lipinski definition) is 0. The Hall–Kier alpha value is -1.56. The molecule has 0 aliphatic rings. The summed E-state index contributed by atoms with van der Waals surface area (Å²) in [6, 6.07) is 20.8. The van der Waals surface area contributed by atoms with Crippen molar-refractivity contribution in [1.82, 2.24) is 0 Å². The molecule has 0 N–H and O–H groups in total. The van der Waals surface area contributed by atoms with Gasteiger partial charge < -0.3 is 0 Å². The fraction of sp³-hybridized carbons (Fsp3) is 0.250. The second kappa shape index (κ2) is 9.97. The Kier molecular flexibility index (Phi) is 9.00. The van der Waals surface area contributed by atoms with Crippen molar-refractivity contribution in [1.29, 1.82) is 0 Å². The standard InChI is InChI=1S/C12H10.2C2H6/c1-3-7-11(8-4-1)12-9-5-2-6-10-12;2*1-2/h1-10H;2*1-2H3. The first-order chi connectivity index (χ1) is 7.97. The molecule has 0 heteroatoms. The van der Waals surface area contributed by atoms with Crippen LogP contribution in [0.3, 0.4) is 0 Å². The van der Waals surface area contributed by atoms with Gasteiger partial charge in [0, 0.05) is 0 Å². The molecular weight excluding hydrogens is 192 g/mol. The van der Waals surface area contributed by atoms with E-state index in [0.717, 1.165) is 0 Å². The SMILES string of the molecule is CC.CC.c1ccc(-c2ccccc2)cc1. The highest BCUT2D eigenvalue weighted by Crippen LogP contribution is 2.17. The van der Waals surface area contributed by atoms with Gasteiger partial charge in [-0.05, 0) is 11.1 Å². The molecule has 0 saturated carbocycles. The highest BCUT2D eigenvalue weighted by atomic mass is 14.0. The summed E-state index contributed by atoms with van der Waals surface area (Å²) < 4.78 is 0. The lowest BCUT2D eigenvalue weighted by Crippen LogP contribution is -1.73. The molecule has 2 aromatic carbocycles. The lowest BCUT2D eigenvalue weighted by atomic mass is 10.1. The molecular formula is C16H22. The third-order valence-corrected chi connectivity index (χ3v) is 1.88. The molecule has 0 aromatic heterocycles. The fourth-order valence-corrected chi connectivity index (χ4v) is 1.26. The molecule has 0 spiro atoms. The minimum atomic E-state index is 1.28. The minimum absolute atomic E-state index is 1.28. The summed E-state index contributed by atoms with van der Waals surface area (Å²) in [4.78, 5) is 0. The van der Waals surface area contributed by atoms with Crippen LogP contribution in [0.25, 0.3) is 11.1 Å². The van der Waals surface area contributed by atoms with Gasteiger partial charge in [-0.15, -0.1) is 0 Å². The molecule has 0 bridgehead atoms. The lowest BCUT2D eigenvalue weighted by molar-refractivity contribution is 1.50. The van der Waals surface area contributed by atoms with Crippen LogP contribution in [0.1, 0.15) is 27.7 Å². The molecule has 0 atom stereocenters. The van der Waals surface area contributed by atoms with E-state index >= 15 is 0 Å². The van der Waals surface area contributed by atoms with E-state index in [-0.39, 0.29) is 0 Å². The molecule has 0 radical (unpaired) electrons. The van der Waals surface area contributed by atoms with Crippen molar-refractivity contribution in [2.75, 3.05) is 0 Å². The van der Waals surface area contributed by atoms with Gasteiger partial charge in [0.05, 0.1) is 0 Å². The topological polar surface area (TPSA) is 0 Å². The molecule has 16 heavy (non-hydrogen) atoms. The molecule has 0 saturated heterocycles. The van der Waals surface area contributed by atoms with Crippen molar-refractivity contribution in [2.24, 2.45) is 0 Å². The van der Waals surface area contributed by atoms with Gasteiger partial charge >= 0.3 is 0 Å². The monoisotopic (exact) mass is 214 g/mol. The van der Waals surface area contributed by atoms with E-state index in [1.807, 2.05) is 39.8 Å². The van der Waals surface area contributed by atoms with Crippen molar-refractivity contribution in [3.05, 3.63) is 60.7 Å². The van der Waals surface area contributed by atoms with Gasteiger partial charge in [-0.1, -0.05) is 88.4 Å². The molecule has 2 rings (SSSR count). The first-order valence-corrected chi connectivity index (χ1v) is 6.07. The van der Waals surface area contributed by atoms with Gasteiger partial charge in [0.2, 0.25) is 0 Å². The Labute approximate surface area is 100.0 Å². The Morgan fingerprint density at radius 3 is 0.938 bits per heavy atom. The van der Waals surface area contributed by atoms with Gasteiger partial charge in [0.25, 0.3) is 0 Å². The first kappa shape index (κ1) is 14.4. The molecule has 0 nitrogen and oxygen atoms in total. The molecule has 0 heterocycles. The zero-order chi connectivity index (χ0) is 12.2. The van der Waals surface area contributed by atoms with Crippen LogP contribution in [-0.2, 0) is 0 Å². The summed E-state index contributed by atoms with van der Waals surface area (Å²) >= 11 is 0. The van der Waals surface area contributed by atoms with Gasteiger partial charge in [0.15, 0.2) is 0 Å². The molecule has 2 aromatic rings. The van der Waals surface area contributed by atoms with Crippen LogP contribution >= 0.6 is 0 Å². The van der Waals surface area contributed by atoms with E-state index in [4.69, 9.17) is 0 Å². The Morgan fingerprint density at radius 2 is 0.688 bits per heavy atom. The van der Waals surface area contributed by atoms with Gasteiger partial charge in [-0.3, -0.25) is 0 Å². The van der Waals surface area contributed by atoms with E-state index in [9.17, 15) is 0 Å². The molecule has 0 amide bonds. The quantitative estimate of drug-likeness (QED) is 0.595. The second-order valence-corrected chi connectivity index (χ2v) is 2.73. The van der Waals surface area contributed by atoms with Crippen LogP contribution in [0.15, 0.2) is 60.7 Å². The lowest BCUT2D eigenvalue weighted by Gasteiger charge is -1.98. The summed E-state index contributed by atoms with van der Waals surface area (Å²) in [7, 11) is 0.